The van der Waals surface area contributed by atoms with Crippen molar-refractivity contribution >= 4 is 39.2 Å². The Morgan fingerprint density at radius 3 is 2.60 bits per heavy atom. The quantitative estimate of drug-likeness (QED) is 0.347. The second kappa shape index (κ2) is 11.1. The van der Waals surface area contributed by atoms with Crippen molar-refractivity contribution in [1.82, 2.24) is 19.9 Å². The molecule has 180 valence electrons. The van der Waals surface area contributed by atoms with E-state index in [1.165, 1.54) is 28.4 Å². The molecule has 0 unspecified atom stereocenters. The maximum Gasteiger partial charge on any atom is 0.261 e. The van der Waals surface area contributed by atoms with Crippen LogP contribution in [0.1, 0.15) is 31.2 Å². The Kier molecular flexibility index (Phi) is 7.67. The number of amides is 2. The van der Waals surface area contributed by atoms with Gasteiger partial charge in [0.25, 0.3) is 5.56 Å². The molecule has 0 bridgehead atoms. The van der Waals surface area contributed by atoms with E-state index in [9.17, 15) is 14.4 Å². The van der Waals surface area contributed by atoms with E-state index >= 15 is 0 Å². The Hall–Kier alpha value is -3.85. The number of rotatable bonds is 9. The standard InChI is InChI=1S/C26H27N5O3S/c1-17-28-22-8-4-3-7-21(22)25(34)31(17)15-13-24(33)30-26-29-23(16-35-26)20-11-9-19(10-12-20)6-5-14-27-18(2)32/h3-4,7-12,16H,5-6,13-15H2,1-2H3,(H,27,32)(H,29,30,33). The number of hydrogen-bond acceptors (Lipinski definition) is 6. The lowest BCUT2D eigenvalue weighted by Gasteiger charge is -2.10. The Balaban J connectivity index is 1.33. The molecule has 0 aliphatic carbocycles. The zero-order chi connectivity index (χ0) is 24.8. The number of hydrogen-bond donors (Lipinski definition) is 2. The minimum Gasteiger partial charge on any atom is -0.356 e. The van der Waals surface area contributed by atoms with Crippen LogP contribution in [0, 0.1) is 6.92 Å². The molecular weight excluding hydrogens is 462 g/mol. The molecular formula is C26H27N5O3S. The van der Waals surface area contributed by atoms with Crippen LogP contribution in [0.15, 0.2) is 58.7 Å². The van der Waals surface area contributed by atoms with E-state index in [2.05, 4.69) is 32.7 Å². The first-order valence-electron chi connectivity index (χ1n) is 11.5. The van der Waals surface area contributed by atoms with Gasteiger partial charge in [0.2, 0.25) is 11.8 Å². The van der Waals surface area contributed by atoms with E-state index in [1.54, 1.807) is 19.1 Å². The SMILES string of the molecule is CC(=O)NCCCc1ccc(-c2csc(NC(=O)CCn3c(C)nc4ccccc4c3=O)n2)cc1. The summed E-state index contributed by atoms with van der Waals surface area (Å²) in [5.74, 6) is 0.359. The molecule has 0 radical (unpaired) electrons. The normalized spacial score (nSPS) is 10.9. The molecule has 0 aliphatic rings. The predicted octanol–water partition coefficient (Wildman–Crippen LogP) is 3.93. The van der Waals surface area contributed by atoms with Gasteiger partial charge >= 0.3 is 0 Å². The van der Waals surface area contributed by atoms with E-state index in [4.69, 9.17) is 0 Å². The molecule has 8 nitrogen and oxygen atoms in total. The summed E-state index contributed by atoms with van der Waals surface area (Å²) in [5.41, 5.74) is 3.47. The number of carbonyl (C=O) groups is 2. The van der Waals surface area contributed by atoms with E-state index in [0.717, 1.165) is 24.1 Å². The van der Waals surface area contributed by atoms with Crippen molar-refractivity contribution in [3.8, 4) is 11.3 Å². The van der Waals surface area contributed by atoms with Gasteiger partial charge < -0.3 is 10.6 Å². The summed E-state index contributed by atoms with van der Waals surface area (Å²) >= 11 is 1.36. The van der Waals surface area contributed by atoms with Gasteiger partial charge in [-0.1, -0.05) is 36.4 Å². The molecule has 4 rings (SSSR count). The highest BCUT2D eigenvalue weighted by Gasteiger charge is 2.12. The van der Waals surface area contributed by atoms with Gasteiger partial charge in [-0.2, -0.15) is 0 Å². The molecule has 0 saturated carbocycles. The van der Waals surface area contributed by atoms with Crippen LogP contribution in [0.3, 0.4) is 0 Å². The lowest BCUT2D eigenvalue weighted by Crippen LogP contribution is -2.26. The second-order valence-electron chi connectivity index (χ2n) is 8.25. The van der Waals surface area contributed by atoms with Crippen LogP contribution in [0.25, 0.3) is 22.2 Å². The van der Waals surface area contributed by atoms with Crippen LogP contribution >= 0.6 is 11.3 Å². The summed E-state index contributed by atoms with van der Waals surface area (Å²) in [5, 5.41) is 8.60. The minimum atomic E-state index is -0.208. The van der Waals surface area contributed by atoms with Crippen LogP contribution in [-0.2, 0) is 22.6 Å². The number of benzene rings is 2. The number of aromatic nitrogens is 3. The lowest BCUT2D eigenvalue weighted by molar-refractivity contribution is -0.119. The van der Waals surface area contributed by atoms with E-state index < -0.39 is 0 Å². The third kappa shape index (κ3) is 6.19. The summed E-state index contributed by atoms with van der Waals surface area (Å²) in [4.78, 5) is 45.2. The molecule has 0 saturated heterocycles. The maximum absolute atomic E-state index is 12.8. The van der Waals surface area contributed by atoms with Gasteiger partial charge in [0.15, 0.2) is 5.13 Å². The summed E-state index contributed by atoms with van der Waals surface area (Å²) in [6.45, 7) is 4.20. The topological polar surface area (TPSA) is 106 Å². The molecule has 35 heavy (non-hydrogen) atoms. The Morgan fingerprint density at radius 2 is 1.83 bits per heavy atom. The van der Waals surface area contributed by atoms with E-state index in [-0.39, 0.29) is 30.3 Å². The van der Waals surface area contributed by atoms with E-state index in [0.29, 0.717) is 28.4 Å². The monoisotopic (exact) mass is 489 g/mol. The van der Waals surface area contributed by atoms with Gasteiger partial charge in [0.05, 0.1) is 16.6 Å². The summed E-state index contributed by atoms with van der Waals surface area (Å²) in [6, 6.07) is 15.3. The van der Waals surface area contributed by atoms with Crippen molar-refractivity contribution in [2.24, 2.45) is 0 Å². The first-order chi connectivity index (χ1) is 16.9. The Bertz CT molecular complexity index is 1410. The van der Waals surface area contributed by atoms with Crippen molar-refractivity contribution in [3.05, 3.63) is 75.7 Å². The molecule has 2 N–H and O–H groups in total. The molecule has 0 aliphatic heterocycles. The highest BCUT2D eigenvalue weighted by molar-refractivity contribution is 7.14. The largest absolute Gasteiger partial charge is 0.356 e. The molecule has 0 atom stereocenters. The van der Waals surface area contributed by atoms with Crippen molar-refractivity contribution < 1.29 is 9.59 Å². The van der Waals surface area contributed by atoms with Gasteiger partial charge in [-0.3, -0.25) is 19.0 Å². The second-order valence-corrected chi connectivity index (χ2v) is 9.11. The zero-order valence-corrected chi connectivity index (χ0v) is 20.5. The van der Waals surface area contributed by atoms with Gasteiger partial charge in [-0.05, 0) is 37.5 Å². The summed E-state index contributed by atoms with van der Waals surface area (Å²) < 4.78 is 1.53. The predicted molar refractivity (Wildman–Crippen MR) is 139 cm³/mol. The summed E-state index contributed by atoms with van der Waals surface area (Å²) in [6.07, 6.45) is 1.91. The zero-order valence-electron chi connectivity index (χ0n) is 19.7. The highest BCUT2D eigenvalue weighted by Crippen LogP contribution is 2.25. The average molecular weight is 490 g/mol. The summed E-state index contributed by atoms with van der Waals surface area (Å²) in [7, 11) is 0. The number of thiazole rings is 1. The van der Waals surface area contributed by atoms with Gasteiger partial charge in [-0.25, -0.2) is 9.97 Å². The molecule has 0 spiro atoms. The number of nitrogens with zero attached hydrogens (tertiary/aromatic N) is 3. The van der Waals surface area contributed by atoms with Crippen molar-refractivity contribution in [1.29, 1.82) is 0 Å². The lowest BCUT2D eigenvalue weighted by atomic mass is 10.1. The first-order valence-corrected chi connectivity index (χ1v) is 12.3. The fraction of sp³-hybridized carbons (Fsp3) is 0.269. The number of nitrogens with one attached hydrogen (secondary N) is 2. The third-order valence-corrected chi connectivity index (χ3v) is 6.39. The number of fused-ring (bicyclic) bond motifs is 1. The Morgan fingerprint density at radius 1 is 1.06 bits per heavy atom. The molecule has 9 heteroatoms. The molecule has 2 heterocycles. The van der Waals surface area contributed by atoms with Crippen LogP contribution in [0.2, 0.25) is 0 Å². The first kappa shape index (κ1) is 24.3. The molecule has 2 aromatic heterocycles. The van der Waals surface area contributed by atoms with Crippen LogP contribution in [0.5, 0.6) is 0 Å². The van der Waals surface area contributed by atoms with Gasteiger partial charge in [0, 0.05) is 37.4 Å². The smallest absolute Gasteiger partial charge is 0.261 e. The molecule has 2 amide bonds. The number of anilines is 1. The van der Waals surface area contributed by atoms with Crippen LogP contribution in [0.4, 0.5) is 5.13 Å². The van der Waals surface area contributed by atoms with Crippen LogP contribution < -0.4 is 16.2 Å². The van der Waals surface area contributed by atoms with Crippen molar-refractivity contribution in [2.45, 2.75) is 39.7 Å². The average Bonchev–Trinajstić information content (AvgIpc) is 3.30. The Labute approximate surface area is 207 Å². The number of aryl methyl sites for hydroxylation is 2. The highest BCUT2D eigenvalue weighted by atomic mass is 32.1. The molecule has 2 aromatic carbocycles. The molecule has 0 fully saturated rings. The van der Waals surface area contributed by atoms with Gasteiger partial charge in [-0.15, -0.1) is 11.3 Å². The minimum absolute atomic E-state index is 0.0125. The fourth-order valence-electron chi connectivity index (χ4n) is 3.80. The van der Waals surface area contributed by atoms with Crippen molar-refractivity contribution in [2.75, 3.05) is 11.9 Å². The molecule has 4 aromatic rings. The maximum atomic E-state index is 12.8. The third-order valence-electron chi connectivity index (χ3n) is 5.63. The number of para-hydroxylation sites is 1. The van der Waals surface area contributed by atoms with Gasteiger partial charge in [0.1, 0.15) is 5.82 Å². The fourth-order valence-corrected chi connectivity index (χ4v) is 4.54. The number of carbonyl (C=O) groups excluding carboxylic acids is 2. The van der Waals surface area contributed by atoms with Crippen LogP contribution in [-0.4, -0.2) is 32.9 Å². The van der Waals surface area contributed by atoms with Crippen molar-refractivity contribution in [3.63, 3.8) is 0 Å². The van der Waals surface area contributed by atoms with E-state index in [1.807, 2.05) is 29.6 Å².